The molecule has 0 radical (unpaired) electrons. The van der Waals surface area contributed by atoms with E-state index in [4.69, 9.17) is 0 Å². The molecule has 7 nitrogen and oxygen atoms in total. The van der Waals surface area contributed by atoms with Gasteiger partial charge in [0.15, 0.2) is 0 Å². The van der Waals surface area contributed by atoms with Crippen LogP contribution in [0.15, 0.2) is 91.4 Å². The zero-order valence-electron chi connectivity index (χ0n) is 20.2. The topological polar surface area (TPSA) is 96.9 Å². The van der Waals surface area contributed by atoms with Gasteiger partial charge in [-0.2, -0.15) is 0 Å². The van der Waals surface area contributed by atoms with Gasteiger partial charge < -0.3 is 10.6 Å². The molecule has 0 atom stereocenters. The van der Waals surface area contributed by atoms with Gasteiger partial charge in [-0.15, -0.1) is 0 Å². The van der Waals surface area contributed by atoms with Gasteiger partial charge in [-0.25, -0.2) is 9.97 Å². The van der Waals surface area contributed by atoms with Crippen molar-refractivity contribution in [2.24, 2.45) is 0 Å². The largest absolute Gasteiger partial charge is 0.322 e. The van der Waals surface area contributed by atoms with Gasteiger partial charge in [0.1, 0.15) is 5.82 Å². The lowest BCUT2D eigenvalue weighted by atomic mass is 10.0. The smallest absolute Gasteiger partial charge is 0.255 e. The van der Waals surface area contributed by atoms with Gasteiger partial charge >= 0.3 is 0 Å². The number of nitrogens with one attached hydrogen (secondary N) is 2. The second-order valence-corrected chi connectivity index (χ2v) is 8.25. The molecule has 0 saturated carbocycles. The highest BCUT2D eigenvalue weighted by atomic mass is 16.2. The first kappa shape index (κ1) is 24.5. The summed E-state index contributed by atoms with van der Waals surface area (Å²) in [4.78, 5) is 38.0. The van der Waals surface area contributed by atoms with Crippen LogP contribution in [0.5, 0.6) is 0 Å². The maximum atomic E-state index is 12.8. The standard InChI is InChI=1S/C29H27N5O2/c1-3-4-10-28(35)32-24-9-5-7-22(17-24)29(36)33-25-12-11-21(20(2)16-25)18-27-31-15-13-26(34-27)23-8-6-14-30-19-23/h4-17,19H,3,18H2,1-2H3,(H,32,35)(H,33,36)/b10-4+. The lowest BCUT2D eigenvalue weighted by molar-refractivity contribution is -0.111. The van der Waals surface area contributed by atoms with Gasteiger partial charge in [-0.3, -0.25) is 14.6 Å². The number of aromatic nitrogens is 3. The SMILES string of the molecule is CC/C=C/C(=O)Nc1cccc(C(=O)Nc2ccc(Cc3nccc(-c4cccnc4)n3)c(C)c2)c1. The fourth-order valence-electron chi connectivity index (χ4n) is 3.65. The van der Waals surface area contributed by atoms with Gasteiger partial charge in [0.05, 0.1) is 5.69 Å². The molecule has 0 aliphatic carbocycles. The van der Waals surface area contributed by atoms with Gasteiger partial charge in [0, 0.05) is 47.5 Å². The number of allylic oxidation sites excluding steroid dienone is 1. The first-order valence-corrected chi connectivity index (χ1v) is 11.7. The molecule has 0 fully saturated rings. The number of carbonyl (C=O) groups excluding carboxylic acids is 2. The first-order chi connectivity index (χ1) is 17.5. The maximum absolute atomic E-state index is 12.8. The van der Waals surface area contributed by atoms with Crippen molar-refractivity contribution in [3.8, 4) is 11.3 Å². The molecule has 0 aliphatic rings. The Morgan fingerprint density at radius 2 is 1.81 bits per heavy atom. The second kappa shape index (κ2) is 11.7. The fraction of sp³-hybridized carbons (Fsp3) is 0.138. The van der Waals surface area contributed by atoms with E-state index in [1.54, 1.807) is 48.9 Å². The van der Waals surface area contributed by atoms with Crippen LogP contribution in [-0.4, -0.2) is 26.8 Å². The first-order valence-electron chi connectivity index (χ1n) is 11.7. The van der Waals surface area contributed by atoms with Crippen molar-refractivity contribution >= 4 is 23.2 Å². The average Bonchev–Trinajstić information content (AvgIpc) is 2.90. The molecule has 2 aromatic carbocycles. The molecule has 0 bridgehead atoms. The summed E-state index contributed by atoms with van der Waals surface area (Å²) < 4.78 is 0. The molecule has 0 aliphatic heterocycles. The maximum Gasteiger partial charge on any atom is 0.255 e. The Balaban J connectivity index is 1.43. The van der Waals surface area contributed by atoms with Crippen molar-refractivity contribution in [3.05, 3.63) is 114 Å². The van der Waals surface area contributed by atoms with Crippen LogP contribution < -0.4 is 10.6 Å². The van der Waals surface area contributed by atoms with E-state index in [1.165, 1.54) is 6.08 Å². The minimum absolute atomic E-state index is 0.226. The summed E-state index contributed by atoms with van der Waals surface area (Å²) in [5.74, 6) is 0.231. The summed E-state index contributed by atoms with van der Waals surface area (Å²) in [6, 6.07) is 18.3. The van der Waals surface area contributed by atoms with E-state index in [2.05, 4.69) is 25.6 Å². The van der Waals surface area contributed by atoms with Crippen molar-refractivity contribution in [3.63, 3.8) is 0 Å². The summed E-state index contributed by atoms with van der Waals surface area (Å²) in [6.07, 6.45) is 9.88. The predicted molar refractivity (Wildman–Crippen MR) is 142 cm³/mol. The zero-order valence-corrected chi connectivity index (χ0v) is 20.2. The third kappa shape index (κ3) is 6.48. The van der Waals surface area contributed by atoms with E-state index in [-0.39, 0.29) is 11.8 Å². The van der Waals surface area contributed by atoms with Gasteiger partial charge in [-0.05, 0) is 79.1 Å². The van der Waals surface area contributed by atoms with E-state index in [0.29, 0.717) is 29.2 Å². The minimum Gasteiger partial charge on any atom is -0.322 e. The highest BCUT2D eigenvalue weighted by Crippen LogP contribution is 2.20. The monoisotopic (exact) mass is 477 g/mol. The molecular formula is C29H27N5O2. The van der Waals surface area contributed by atoms with E-state index in [1.807, 2.05) is 50.2 Å². The van der Waals surface area contributed by atoms with Gasteiger partial charge in [0.25, 0.3) is 5.91 Å². The van der Waals surface area contributed by atoms with Crippen LogP contribution in [0.1, 0.15) is 40.7 Å². The second-order valence-electron chi connectivity index (χ2n) is 8.25. The number of carbonyl (C=O) groups is 2. The van der Waals surface area contributed by atoms with Gasteiger partial charge in [0.2, 0.25) is 5.91 Å². The summed E-state index contributed by atoms with van der Waals surface area (Å²) >= 11 is 0. The Hall–Kier alpha value is -4.65. The Morgan fingerprint density at radius 1 is 0.944 bits per heavy atom. The third-order valence-electron chi connectivity index (χ3n) is 5.51. The molecular weight excluding hydrogens is 450 g/mol. The van der Waals surface area contributed by atoms with Crippen molar-refractivity contribution in [1.82, 2.24) is 15.0 Å². The number of benzene rings is 2. The van der Waals surface area contributed by atoms with Crippen LogP contribution in [0.2, 0.25) is 0 Å². The molecule has 0 spiro atoms. The molecule has 7 heteroatoms. The zero-order chi connectivity index (χ0) is 25.3. The quantitative estimate of drug-likeness (QED) is 0.322. The molecule has 180 valence electrons. The van der Waals surface area contributed by atoms with E-state index < -0.39 is 0 Å². The fourth-order valence-corrected chi connectivity index (χ4v) is 3.65. The van der Waals surface area contributed by atoms with Crippen LogP contribution in [0.4, 0.5) is 11.4 Å². The van der Waals surface area contributed by atoms with Crippen LogP contribution in [-0.2, 0) is 11.2 Å². The average molecular weight is 478 g/mol. The minimum atomic E-state index is -0.255. The number of anilines is 2. The molecule has 2 aromatic heterocycles. The number of rotatable bonds is 8. The van der Waals surface area contributed by atoms with E-state index >= 15 is 0 Å². The highest BCUT2D eigenvalue weighted by molar-refractivity contribution is 6.06. The lowest BCUT2D eigenvalue weighted by Crippen LogP contribution is -2.13. The molecule has 0 saturated heterocycles. The number of aryl methyl sites for hydroxylation is 1. The Labute approximate surface area is 210 Å². The molecule has 2 N–H and O–H groups in total. The number of hydrogen-bond acceptors (Lipinski definition) is 5. The van der Waals surface area contributed by atoms with Crippen molar-refractivity contribution in [1.29, 1.82) is 0 Å². The molecule has 4 aromatic rings. The predicted octanol–water partition coefficient (Wildman–Crippen LogP) is 5.59. The summed E-state index contributed by atoms with van der Waals surface area (Å²) in [5, 5.41) is 5.70. The number of amides is 2. The number of pyridine rings is 1. The van der Waals surface area contributed by atoms with Crippen molar-refractivity contribution in [2.45, 2.75) is 26.7 Å². The van der Waals surface area contributed by atoms with Crippen molar-refractivity contribution < 1.29 is 9.59 Å². The normalized spacial score (nSPS) is 10.8. The van der Waals surface area contributed by atoms with Crippen LogP contribution in [0.3, 0.4) is 0 Å². The van der Waals surface area contributed by atoms with Crippen molar-refractivity contribution in [2.75, 3.05) is 10.6 Å². The summed E-state index contributed by atoms with van der Waals surface area (Å²) in [6.45, 7) is 3.95. The van der Waals surface area contributed by atoms with E-state index in [0.717, 1.165) is 28.8 Å². The number of hydrogen-bond donors (Lipinski definition) is 2. The molecule has 36 heavy (non-hydrogen) atoms. The Morgan fingerprint density at radius 3 is 2.58 bits per heavy atom. The molecule has 0 unspecified atom stereocenters. The Kier molecular flexibility index (Phi) is 7.93. The summed E-state index contributed by atoms with van der Waals surface area (Å²) in [7, 11) is 0. The van der Waals surface area contributed by atoms with Crippen LogP contribution in [0, 0.1) is 6.92 Å². The third-order valence-corrected chi connectivity index (χ3v) is 5.51. The summed E-state index contributed by atoms with van der Waals surface area (Å²) in [5.41, 5.74) is 5.56. The lowest BCUT2D eigenvalue weighted by Gasteiger charge is -2.11. The van der Waals surface area contributed by atoms with Gasteiger partial charge in [-0.1, -0.05) is 25.1 Å². The Bertz CT molecular complexity index is 1400. The van der Waals surface area contributed by atoms with Crippen LogP contribution >= 0.6 is 0 Å². The number of nitrogens with zero attached hydrogens (tertiary/aromatic N) is 3. The molecule has 2 amide bonds. The van der Waals surface area contributed by atoms with E-state index in [9.17, 15) is 9.59 Å². The highest BCUT2D eigenvalue weighted by Gasteiger charge is 2.10. The van der Waals surface area contributed by atoms with Crippen LogP contribution in [0.25, 0.3) is 11.3 Å². The molecule has 2 heterocycles. The molecule has 4 rings (SSSR count).